The van der Waals surface area contributed by atoms with Gasteiger partial charge in [-0.2, -0.15) is 0 Å². The van der Waals surface area contributed by atoms with Gasteiger partial charge in [0.1, 0.15) is 30.6 Å². The molecule has 4 atom stereocenters. The van der Waals surface area contributed by atoms with Crippen LogP contribution in [0.3, 0.4) is 0 Å². The van der Waals surface area contributed by atoms with Crippen molar-refractivity contribution in [3.05, 3.63) is 29.4 Å². The Morgan fingerprint density at radius 3 is 2.57 bits per heavy atom. The number of aromatic nitrogens is 3. The average molecular weight is 516 g/mol. The zero-order valence-electron chi connectivity index (χ0n) is 19.1. The number of carbonyl (C=O) groups is 3. The fourth-order valence-corrected chi connectivity index (χ4v) is 6.56. The number of amides is 2. The summed E-state index contributed by atoms with van der Waals surface area (Å²) in [6, 6.07) is -1.40. The first-order valence-electron chi connectivity index (χ1n) is 12.2. The predicted molar refractivity (Wildman–Crippen MR) is 128 cm³/mol. The number of nitrogens with one attached hydrogen (secondary N) is 1. The maximum Gasteiger partial charge on any atom is 0.280 e. The van der Waals surface area contributed by atoms with Crippen LogP contribution in [0.5, 0.6) is 0 Å². The molecule has 4 heterocycles. The average Bonchev–Trinajstić information content (AvgIpc) is 3.25. The van der Waals surface area contributed by atoms with Gasteiger partial charge in [-0.1, -0.05) is 12.8 Å². The van der Waals surface area contributed by atoms with E-state index in [1.807, 2.05) is 0 Å². The second-order valence-electron chi connectivity index (χ2n) is 9.82. The quantitative estimate of drug-likeness (QED) is 0.588. The molecule has 184 valence electrons. The maximum atomic E-state index is 13.7. The van der Waals surface area contributed by atoms with E-state index in [4.69, 9.17) is 16.3 Å². The standard InChI is InChI=1S/C24H26ClN5O4S/c25-15-10-30(19-16(31)11-34-20(15)19)24(33)18(12-3-1-2-4-12)29-22(32)23-28-9-17(35-23)14-7-26-21(27-8-14)13-5-6-13/h7-9,12-13,15,18-20H,1-6,10-11H2,(H,29,32)/t15-,18-,19+,20+/m0/s1. The summed E-state index contributed by atoms with van der Waals surface area (Å²) in [6.45, 7) is 0.203. The molecule has 0 aromatic carbocycles. The number of likely N-dealkylation sites (tertiary alicyclic amines) is 1. The molecule has 2 aromatic heterocycles. The van der Waals surface area contributed by atoms with Crippen molar-refractivity contribution in [3.63, 3.8) is 0 Å². The van der Waals surface area contributed by atoms with Gasteiger partial charge in [0, 0.05) is 36.6 Å². The molecule has 2 amide bonds. The number of hydrogen-bond acceptors (Lipinski definition) is 8. The van der Waals surface area contributed by atoms with E-state index in [2.05, 4.69) is 20.3 Å². The number of nitrogens with zero attached hydrogens (tertiary/aromatic N) is 4. The molecular formula is C24H26ClN5O4S. The summed E-state index contributed by atoms with van der Waals surface area (Å²) in [4.78, 5) is 54.8. The summed E-state index contributed by atoms with van der Waals surface area (Å²) in [7, 11) is 0. The van der Waals surface area contributed by atoms with Gasteiger partial charge in [-0.05, 0) is 31.6 Å². The van der Waals surface area contributed by atoms with Gasteiger partial charge in [0.25, 0.3) is 5.91 Å². The van der Waals surface area contributed by atoms with E-state index in [-0.39, 0.29) is 35.8 Å². The molecule has 2 aliphatic heterocycles. The van der Waals surface area contributed by atoms with Gasteiger partial charge in [-0.25, -0.2) is 15.0 Å². The molecule has 4 fully saturated rings. The summed E-state index contributed by atoms with van der Waals surface area (Å²) >= 11 is 7.64. The lowest BCUT2D eigenvalue weighted by Crippen LogP contribution is -2.54. The summed E-state index contributed by atoms with van der Waals surface area (Å²) in [5.41, 5.74) is 0.811. The summed E-state index contributed by atoms with van der Waals surface area (Å²) in [5, 5.41) is 2.79. The van der Waals surface area contributed by atoms with Crippen molar-refractivity contribution in [2.75, 3.05) is 13.2 Å². The molecule has 4 aliphatic rings. The molecule has 0 radical (unpaired) electrons. The van der Waals surface area contributed by atoms with E-state index >= 15 is 0 Å². The molecule has 1 N–H and O–H groups in total. The van der Waals surface area contributed by atoms with Crippen LogP contribution in [0.4, 0.5) is 0 Å². The Morgan fingerprint density at radius 1 is 1.11 bits per heavy atom. The minimum atomic E-state index is -0.727. The monoisotopic (exact) mass is 515 g/mol. The van der Waals surface area contributed by atoms with E-state index in [9.17, 15) is 14.4 Å². The van der Waals surface area contributed by atoms with Crippen LogP contribution in [-0.2, 0) is 14.3 Å². The number of Topliss-reactive ketones (excluding diaryl/α,β-unsaturated/α-hetero) is 1. The number of thiazole rings is 1. The zero-order valence-corrected chi connectivity index (χ0v) is 20.6. The number of carbonyl (C=O) groups excluding carboxylic acids is 3. The van der Waals surface area contributed by atoms with E-state index in [1.54, 1.807) is 18.6 Å². The van der Waals surface area contributed by atoms with Crippen molar-refractivity contribution in [1.82, 2.24) is 25.2 Å². The van der Waals surface area contributed by atoms with Crippen LogP contribution >= 0.6 is 22.9 Å². The smallest absolute Gasteiger partial charge is 0.280 e. The highest BCUT2D eigenvalue weighted by molar-refractivity contribution is 7.16. The number of alkyl halides is 1. The van der Waals surface area contributed by atoms with Crippen LogP contribution < -0.4 is 5.32 Å². The Bertz CT molecular complexity index is 1150. The van der Waals surface area contributed by atoms with Gasteiger partial charge < -0.3 is 15.0 Å². The number of ketones is 1. The Labute approximate surface area is 211 Å². The first-order chi connectivity index (χ1) is 17.0. The van der Waals surface area contributed by atoms with Crippen LogP contribution in [0.2, 0.25) is 0 Å². The van der Waals surface area contributed by atoms with Crippen molar-refractivity contribution < 1.29 is 19.1 Å². The van der Waals surface area contributed by atoms with Gasteiger partial charge in [0.05, 0.1) is 10.3 Å². The van der Waals surface area contributed by atoms with Crippen LogP contribution in [-0.4, -0.2) is 74.2 Å². The lowest BCUT2D eigenvalue weighted by atomic mass is 9.96. The molecule has 6 rings (SSSR count). The number of rotatable bonds is 6. The third-order valence-corrected chi connectivity index (χ3v) is 8.86. The Balaban J connectivity index is 1.19. The van der Waals surface area contributed by atoms with Crippen LogP contribution in [0, 0.1) is 5.92 Å². The minimum absolute atomic E-state index is 0.0134. The van der Waals surface area contributed by atoms with Crippen LogP contribution in [0.15, 0.2) is 18.6 Å². The van der Waals surface area contributed by atoms with E-state index < -0.39 is 29.5 Å². The molecule has 2 aromatic rings. The summed E-state index contributed by atoms with van der Waals surface area (Å²) < 4.78 is 5.52. The first kappa shape index (κ1) is 23.0. The fraction of sp³-hybridized carbons (Fsp3) is 0.583. The van der Waals surface area contributed by atoms with E-state index in [0.29, 0.717) is 5.92 Å². The van der Waals surface area contributed by atoms with Crippen LogP contribution in [0.1, 0.15) is 60.1 Å². The molecule has 2 saturated heterocycles. The molecule has 11 heteroatoms. The number of fused-ring (bicyclic) bond motifs is 1. The number of hydrogen-bond donors (Lipinski definition) is 1. The van der Waals surface area contributed by atoms with Crippen molar-refractivity contribution in [1.29, 1.82) is 0 Å². The van der Waals surface area contributed by atoms with Gasteiger partial charge >= 0.3 is 0 Å². The molecule has 0 spiro atoms. The van der Waals surface area contributed by atoms with Crippen molar-refractivity contribution in [3.8, 4) is 10.4 Å². The van der Waals surface area contributed by atoms with Crippen molar-refractivity contribution in [2.45, 2.75) is 68.0 Å². The zero-order chi connectivity index (χ0) is 24.1. The van der Waals surface area contributed by atoms with Gasteiger partial charge in [0.15, 0.2) is 10.8 Å². The third-order valence-electron chi connectivity index (χ3n) is 7.43. The Morgan fingerprint density at radius 2 is 1.86 bits per heavy atom. The lowest BCUT2D eigenvalue weighted by Gasteiger charge is -2.30. The maximum absolute atomic E-state index is 13.7. The molecule has 0 bridgehead atoms. The number of halogens is 1. The third kappa shape index (κ3) is 4.36. The molecule has 2 aliphatic carbocycles. The Kier molecular flexibility index (Phi) is 6.06. The van der Waals surface area contributed by atoms with Crippen molar-refractivity contribution in [2.24, 2.45) is 5.92 Å². The highest BCUT2D eigenvalue weighted by atomic mass is 35.5. The highest BCUT2D eigenvalue weighted by Gasteiger charge is 2.53. The first-order valence-corrected chi connectivity index (χ1v) is 13.4. The predicted octanol–water partition coefficient (Wildman–Crippen LogP) is 2.55. The second kappa shape index (κ2) is 9.22. The molecule has 2 saturated carbocycles. The highest BCUT2D eigenvalue weighted by Crippen LogP contribution is 2.38. The normalized spacial score (nSPS) is 27.3. The Hall–Kier alpha value is -2.43. The van der Waals surface area contributed by atoms with Gasteiger partial charge in [-0.3, -0.25) is 14.4 Å². The molecular weight excluding hydrogens is 490 g/mol. The SMILES string of the molecule is O=C(N[C@H](C(=O)N1C[C@H](Cl)[C@H]2OCC(=O)[C@H]21)C1CCCC1)c1ncc(-c2cnc(C3CC3)nc2)s1. The minimum Gasteiger partial charge on any atom is -0.366 e. The van der Waals surface area contributed by atoms with Crippen molar-refractivity contribution >= 4 is 40.5 Å². The largest absolute Gasteiger partial charge is 0.366 e. The molecule has 0 unspecified atom stereocenters. The summed E-state index contributed by atoms with van der Waals surface area (Å²) in [5.74, 6) is 0.561. The molecule has 35 heavy (non-hydrogen) atoms. The fourth-order valence-electron chi connectivity index (χ4n) is 5.41. The second-order valence-corrected chi connectivity index (χ2v) is 11.4. The summed E-state index contributed by atoms with van der Waals surface area (Å²) in [6.07, 6.45) is 10.7. The number of ether oxygens (including phenoxy) is 1. The topological polar surface area (TPSA) is 114 Å². The van der Waals surface area contributed by atoms with Gasteiger partial charge in [0.2, 0.25) is 5.91 Å². The van der Waals surface area contributed by atoms with E-state index in [0.717, 1.165) is 54.8 Å². The lowest BCUT2D eigenvalue weighted by molar-refractivity contribution is -0.139. The molecule has 9 nitrogen and oxygen atoms in total. The van der Waals surface area contributed by atoms with Gasteiger partial charge in [-0.15, -0.1) is 22.9 Å². The van der Waals surface area contributed by atoms with E-state index in [1.165, 1.54) is 16.2 Å². The van der Waals surface area contributed by atoms with Crippen LogP contribution in [0.25, 0.3) is 10.4 Å².